The van der Waals surface area contributed by atoms with Gasteiger partial charge in [0.15, 0.2) is 0 Å². The van der Waals surface area contributed by atoms with Gasteiger partial charge in [-0.05, 0) is 0 Å². The molecule has 0 nitrogen and oxygen atoms in total. The zero-order valence-corrected chi connectivity index (χ0v) is 13.8. The van der Waals surface area contributed by atoms with Gasteiger partial charge < -0.3 is 0 Å². The van der Waals surface area contributed by atoms with Crippen LogP contribution in [0.5, 0.6) is 0 Å². The first-order valence-corrected chi connectivity index (χ1v) is 15.5. The Labute approximate surface area is 95.7 Å². The van der Waals surface area contributed by atoms with Crippen LogP contribution in [-0.2, 0) is 0 Å². The van der Waals surface area contributed by atoms with Crippen molar-refractivity contribution >= 4 is 39.2 Å². The predicted octanol–water partition coefficient (Wildman–Crippen LogP) is 2.83. The van der Waals surface area contributed by atoms with Crippen molar-refractivity contribution in [2.24, 2.45) is 0 Å². The summed E-state index contributed by atoms with van der Waals surface area (Å²) in [4.78, 5) is 0. The Morgan fingerprint density at radius 1 is 1.07 bits per heavy atom. The first-order chi connectivity index (χ1) is 6.50. The average Bonchev–Trinajstić information content (AvgIpc) is 2.44. The van der Waals surface area contributed by atoms with Crippen molar-refractivity contribution in [3.05, 3.63) is 32.7 Å². The molecule has 2 heteroatoms. The van der Waals surface area contributed by atoms with Gasteiger partial charge in [-0.3, -0.25) is 0 Å². The van der Waals surface area contributed by atoms with E-state index in [-0.39, 0.29) is 0 Å². The van der Waals surface area contributed by atoms with E-state index in [9.17, 15) is 0 Å². The number of hydrogen-bond acceptors (Lipinski definition) is 0. The minimum absolute atomic E-state index is 1.03. The van der Waals surface area contributed by atoms with Crippen LogP contribution >= 0.6 is 0 Å². The minimum atomic E-state index is -1.42. The third-order valence-electron chi connectivity index (χ3n) is 2.72. The van der Waals surface area contributed by atoms with Gasteiger partial charge in [0.05, 0.1) is 0 Å². The van der Waals surface area contributed by atoms with E-state index < -0.39 is 29.8 Å². The van der Waals surface area contributed by atoms with Crippen LogP contribution in [0.2, 0.25) is 24.3 Å². The van der Waals surface area contributed by atoms with Crippen LogP contribution < -0.4 is 3.27 Å². The summed E-state index contributed by atoms with van der Waals surface area (Å²) in [5, 5.41) is 0. The van der Waals surface area contributed by atoms with Gasteiger partial charge in [0.25, 0.3) is 0 Å². The topological polar surface area (TPSA) is 0 Å². The van der Waals surface area contributed by atoms with Crippen molar-refractivity contribution in [2.75, 3.05) is 0 Å². The molecule has 1 heterocycles. The van der Waals surface area contributed by atoms with Gasteiger partial charge in [-0.1, -0.05) is 0 Å². The predicted molar refractivity (Wildman–Crippen MR) is 69.0 cm³/mol. The van der Waals surface area contributed by atoms with Crippen molar-refractivity contribution in [1.82, 2.24) is 0 Å². The summed E-state index contributed by atoms with van der Waals surface area (Å²) in [5.74, 6) is 0. The van der Waals surface area contributed by atoms with Gasteiger partial charge in [0.1, 0.15) is 0 Å². The second kappa shape index (κ2) is 3.57. The Morgan fingerprint density at radius 3 is 2.29 bits per heavy atom. The van der Waals surface area contributed by atoms with Crippen LogP contribution in [0.3, 0.4) is 0 Å². The average molecular weight is 398 g/mol. The molecule has 0 unspecified atom stereocenters. The van der Waals surface area contributed by atoms with Gasteiger partial charge in [-0.15, -0.1) is 0 Å². The van der Waals surface area contributed by atoms with Crippen molar-refractivity contribution < 1.29 is 0 Å². The number of rotatable bonds is 1. The van der Waals surface area contributed by atoms with E-state index >= 15 is 0 Å². The molecule has 0 aliphatic carbocycles. The zero-order chi connectivity index (χ0) is 10.3. The molecule has 1 aliphatic heterocycles. The molecule has 14 heavy (non-hydrogen) atoms. The normalized spacial score (nSPS) is 16.7. The van der Waals surface area contributed by atoms with E-state index in [1.54, 1.807) is 3.27 Å². The Bertz CT molecular complexity index is 388. The molecule has 0 saturated heterocycles. The van der Waals surface area contributed by atoms with Crippen LogP contribution in [0, 0.1) is 0 Å². The van der Waals surface area contributed by atoms with Crippen molar-refractivity contribution in [3.8, 4) is 0 Å². The molecular formula is C12H17BiSi. The summed E-state index contributed by atoms with van der Waals surface area (Å²) in [6.45, 7) is 7.45. The molecule has 0 aromatic heterocycles. The van der Waals surface area contributed by atoms with Crippen molar-refractivity contribution in [2.45, 2.75) is 24.3 Å². The number of benzene rings is 1. The molecule has 0 fully saturated rings. The summed E-state index contributed by atoms with van der Waals surface area (Å²) in [7, 11) is -1.03. The molecule has 0 atom stereocenters. The molecule has 1 aliphatic rings. The van der Waals surface area contributed by atoms with Gasteiger partial charge in [0, 0.05) is 0 Å². The number of fused-ring (bicyclic) bond motifs is 1. The second-order valence-electron chi connectivity index (χ2n) is 4.90. The third kappa shape index (κ3) is 1.75. The second-order valence-corrected chi connectivity index (χ2v) is 19.7. The van der Waals surface area contributed by atoms with E-state index in [2.05, 4.69) is 54.6 Å². The van der Waals surface area contributed by atoms with Crippen LogP contribution in [-0.4, -0.2) is 29.8 Å². The van der Waals surface area contributed by atoms with E-state index in [0.29, 0.717) is 0 Å². The van der Waals surface area contributed by atoms with Crippen LogP contribution in [0.1, 0.15) is 5.56 Å². The van der Waals surface area contributed by atoms with Crippen molar-refractivity contribution in [1.29, 1.82) is 0 Å². The fourth-order valence-electron chi connectivity index (χ4n) is 2.01. The van der Waals surface area contributed by atoms with Gasteiger partial charge in [-0.25, -0.2) is 0 Å². The Kier molecular flexibility index (Phi) is 2.70. The van der Waals surface area contributed by atoms with Crippen LogP contribution in [0.4, 0.5) is 0 Å². The summed E-state index contributed by atoms with van der Waals surface area (Å²) in [6.07, 6.45) is 2.51. The van der Waals surface area contributed by atoms with E-state index in [1.807, 2.05) is 2.90 Å². The standard InChI is InChI=1S/C11H14Si.CH3.Bi/c1-12(2,3)10-9-11-7-5-4-6-8-11;;/h4-7,9H,1-3H3;1H3;. The molecule has 0 spiro atoms. The number of hydrogen-bond donors (Lipinski definition) is 0. The summed E-state index contributed by atoms with van der Waals surface area (Å²) < 4.78 is 6.17. The first-order valence-electron chi connectivity index (χ1n) is 5.05. The van der Waals surface area contributed by atoms with Gasteiger partial charge >= 0.3 is 96.2 Å². The zero-order valence-electron chi connectivity index (χ0n) is 9.33. The fraction of sp³-hybridized carbons (Fsp3) is 0.333. The molecule has 0 N–H and O–H groups in total. The van der Waals surface area contributed by atoms with Crippen molar-refractivity contribution in [3.63, 3.8) is 0 Å². The maximum absolute atomic E-state index is 2.55. The Morgan fingerprint density at radius 2 is 1.71 bits per heavy atom. The molecule has 1 aromatic carbocycles. The Balaban J connectivity index is 2.47. The SMILES string of the molecule is [CH3][Bi]1[C]([Si](C)(C)C)=Cc2cccc[c]21. The molecule has 0 saturated carbocycles. The van der Waals surface area contributed by atoms with Gasteiger partial charge in [0.2, 0.25) is 0 Å². The molecule has 0 radical (unpaired) electrons. The first kappa shape index (κ1) is 10.6. The Hall–Kier alpha value is 0.0600. The van der Waals surface area contributed by atoms with Crippen LogP contribution in [0.15, 0.2) is 27.2 Å². The van der Waals surface area contributed by atoms with E-state index in [1.165, 1.54) is 5.56 Å². The van der Waals surface area contributed by atoms with Gasteiger partial charge in [-0.2, -0.15) is 0 Å². The molecule has 0 bridgehead atoms. The van der Waals surface area contributed by atoms with Crippen LogP contribution in [0.25, 0.3) is 6.08 Å². The quantitative estimate of drug-likeness (QED) is 0.639. The summed E-state index contributed by atoms with van der Waals surface area (Å²) in [5.41, 5.74) is 1.53. The molecule has 74 valence electrons. The summed E-state index contributed by atoms with van der Waals surface area (Å²) >= 11 is -1.42. The molecule has 2 rings (SSSR count). The van der Waals surface area contributed by atoms with E-state index in [0.717, 1.165) is 0 Å². The molecule has 0 amide bonds. The monoisotopic (exact) mass is 398 g/mol. The fourth-order valence-corrected chi connectivity index (χ4v) is 21.9. The molecular weight excluding hydrogens is 381 g/mol. The third-order valence-corrected chi connectivity index (χ3v) is 22.9. The summed E-state index contributed by atoms with van der Waals surface area (Å²) in [6, 6.07) is 9.01. The van der Waals surface area contributed by atoms with E-state index in [4.69, 9.17) is 0 Å². The maximum atomic E-state index is 2.55. The molecule has 1 aromatic rings.